The minimum absolute atomic E-state index is 0.00723. The molecule has 40 heavy (non-hydrogen) atoms. The van der Waals surface area contributed by atoms with Crippen LogP contribution in [-0.2, 0) is 9.59 Å². The fourth-order valence-corrected chi connectivity index (χ4v) is 6.44. The molecular weight excluding hydrogens is 508 g/mol. The molecule has 8 heteroatoms. The van der Waals surface area contributed by atoms with Crippen molar-refractivity contribution < 1.29 is 29.0 Å². The normalized spacial score (nSPS) is 23.7. The Morgan fingerprint density at radius 2 is 1.55 bits per heavy atom. The molecule has 3 aromatic rings. The van der Waals surface area contributed by atoms with Gasteiger partial charge in [-0.25, -0.2) is 0 Å². The number of amides is 2. The molecule has 3 aliphatic rings. The van der Waals surface area contributed by atoms with E-state index in [9.17, 15) is 19.5 Å². The van der Waals surface area contributed by atoms with Crippen molar-refractivity contribution in [2.24, 2.45) is 0 Å². The maximum Gasteiger partial charge on any atom is 0.313 e. The molecule has 2 aliphatic heterocycles. The average molecular weight is 541 g/mol. The quantitative estimate of drug-likeness (QED) is 0.462. The zero-order chi connectivity index (χ0) is 27.8. The monoisotopic (exact) mass is 540 g/mol. The smallest absolute Gasteiger partial charge is 0.313 e. The van der Waals surface area contributed by atoms with Crippen LogP contribution in [0.3, 0.4) is 0 Å². The van der Waals surface area contributed by atoms with Gasteiger partial charge in [0.15, 0.2) is 11.5 Å². The van der Waals surface area contributed by atoms with Crippen molar-refractivity contribution in [3.8, 4) is 11.5 Å². The number of aliphatic carboxylic acids is 1. The first kappa shape index (κ1) is 25.9. The van der Waals surface area contributed by atoms with Gasteiger partial charge in [0.1, 0.15) is 19.1 Å². The Kier molecular flexibility index (Phi) is 6.92. The molecular formula is C32H32N2O6. The van der Waals surface area contributed by atoms with Crippen LogP contribution in [0.25, 0.3) is 0 Å². The van der Waals surface area contributed by atoms with E-state index in [0.717, 1.165) is 25.7 Å². The molecule has 2 N–H and O–H groups in total. The molecule has 0 aromatic heterocycles. The van der Waals surface area contributed by atoms with Crippen molar-refractivity contribution in [2.75, 3.05) is 18.1 Å². The van der Waals surface area contributed by atoms with E-state index in [-0.39, 0.29) is 17.9 Å². The summed E-state index contributed by atoms with van der Waals surface area (Å²) in [7, 11) is 0. The first-order chi connectivity index (χ1) is 19.4. The highest BCUT2D eigenvalue weighted by Gasteiger charge is 2.45. The Labute approximate surface area is 232 Å². The van der Waals surface area contributed by atoms with Crippen molar-refractivity contribution in [1.82, 2.24) is 5.32 Å². The summed E-state index contributed by atoms with van der Waals surface area (Å²) in [4.78, 5) is 39.9. The molecule has 2 heterocycles. The SMILES string of the molecule is CC(=O)NC1CCC(c2ccc(N3C(=O)c4ccccc4[C@@H](C(=O)O)[C@@H]3c3ccc4c(c3)OCCO4)cc2)CC1. The van der Waals surface area contributed by atoms with Crippen LogP contribution in [0.1, 0.15) is 77.5 Å². The van der Waals surface area contributed by atoms with Crippen LogP contribution in [0, 0.1) is 0 Å². The highest BCUT2D eigenvalue weighted by molar-refractivity contribution is 6.11. The number of nitrogens with one attached hydrogen (secondary N) is 1. The lowest BCUT2D eigenvalue weighted by Crippen LogP contribution is -2.45. The van der Waals surface area contributed by atoms with Crippen LogP contribution < -0.4 is 19.7 Å². The van der Waals surface area contributed by atoms with Gasteiger partial charge >= 0.3 is 5.97 Å². The van der Waals surface area contributed by atoms with Crippen LogP contribution in [0.4, 0.5) is 5.69 Å². The molecule has 1 fully saturated rings. The summed E-state index contributed by atoms with van der Waals surface area (Å²) < 4.78 is 11.5. The van der Waals surface area contributed by atoms with Gasteiger partial charge in [-0.2, -0.15) is 0 Å². The molecule has 1 aliphatic carbocycles. The van der Waals surface area contributed by atoms with E-state index in [2.05, 4.69) is 5.32 Å². The molecule has 1 saturated carbocycles. The number of benzene rings is 3. The number of carbonyl (C=O) groups excluding carboxylic acids is 2. The zero-order valence-electron chi connectivity index (χ0n) is 22.3. The number of fused-ring (bicyclic) bond motifs is 2. The topological polar surface area (TPSA) is 105 Å². The number of carboxylic acids is 1. The molecule has 2 atom stereocenters. The fraction of sp³-hybridized carbons (Fsp3) is 0.344. The third kappa shape index (κ3) is 4.78. The summed E-state index contributed by atoms with van der Waals surface area (Å²) >= 11 is 0. The molecule has 0 radical (unpaired) electrons. The summed E-state index contributed by atoms with van der Waals surface area (Å²) in [5.74, 6) is -0.683. The lowest BCUT2D eigenvalue weighted by molar-refractivity contribution is -0.139. The molecule has 6 rings (SSSR count). The standard InChI is InChI=1S/C32H32N2O6/c1-19(35)33-23-11-6-20(7-12-23)21-8-13-24(14-9-21)34-30(22-10-15-27-28(18-22)40-17-16-39-27)29(32(37)38)25-4-2-3-5-26(25)31(34)36/h2-5,8-10,13-15,18,20,23,29-30H,6-7,11-12,16-17H2,1H3,(H,33,35)(H,37,38)/t20?,23?,29-,30+/m1/s1. The van der Waals surface area contributed by atoms with E-state index in [1.165, 1.54) is 5.56 Å². The number of carboxylic acid groups (broad SMARTS) is 1. The lowest BCUT2D eigenvalue weighted by atomic mass is 9.79. The Morgan fingerprint density at radius 3 is 2.25 bits per heavy atom. The number of anilines is 1. The maximum absolute atomic E-state index is 14.0. The number of hydrogen-bond donors (Lipinski definition) is 2. The summed E-state index contributed by atoms with van der Waals surface area (Å²) in [5.41, 5.74) is 3.38. The van der Waals surface area contributed by atoms with Crippen molar-refractivity contribution in [2.45, 2.75) is 56.5 Å². The highest BCUT2D eigenvalue weighted by Crippen LogP contribution is 2.47. The van der Waals surface area contributed by atoms with Gasteiger partial charge in [-0.15, -0.1) is 0 Å². The third-order valence-corrected chi connectivity index (χ3v) is 8.29. The van der Waals surface area contributed by atoms with E-state index in [4.69, 9.17) is 9.47 Å². The fourth-order valence-electron chi connectivity index (χ4n) is 6.44. The summed E-state index contributed by atoms with van der Waals surface area (Å²) in [6, 6.07) is 19.7. The van der Waals surface area contributed by atoms with Crippen LogP contribution in [-0.4, -0.2) is 42.1 Å². The Bertz CT molecular complexity index is 1440. The molecule has 0 bridgehead atoms. The number of nitrogens with zero attached hydrogens (tertiary/aromatic N) is 1. The zero-order valence-corrected chi connectivity index (χ0v) is 22.3. The molecule has 206 valence electrons. The van der Waals surface area contributed by atoms with Gasteiger partial charge in [0.25, 0.3) is 5.91 Å². The molecule has 8 nitrogen and oxygen atoms in total. The maximum atomic E-state index is 14.0. The second-order valence-corrected chi connectivity index (χ2v) is 10.8. The molecule has 2 amide bonds. The predicted octanol–water partition coefficient (Wildman–Crippen LogP) is 5.19. The van der Waals surface area contributed by atoms with E-state index in [0.29, 0.717) is 53.0 Å². The number of ether oxygens (including phenoxy) is 2. The van der Waals surface area contributed by atoms with Gasteiger partial charge in [0, 0.05) is 24.2 Å². The third-order valence-electron chi connectivity index (χ3n) is 8.29. The average Bonchev–Trinajstić information content (AvgIpc) is 2.97. The van der Waals surface area contributed by atoms with Crippen molar-refractivity contribution in [3.63, 3.8) is 0 Å². The van der Waals surface area contributed by atoms with E-state index < -0.39 is 17.9 Å². The van der Waals surface area contributed by atoms with Crippen molar-refractivity contribution in [3.05, 3.63) is 89.0 Å². The van der Waals surface area contributed by atoms with Gasteiger partial charge in [-0.1, -0.05) is 36.4 Å². The number of rotatable bonds is 5. The predicted molar refractivity (Wildman–Crippen MR) is 149 cm³/mol. The van der Waals surface area contributed by atoms with Gasteiger partial charge in [0.05, 0.1) is 6.04 Å². The molecule has 0 spiro atoms. The Morgan fingerprint density at radius 1 is 0.875 bits per heavy atom. The van der Waals surface area contributed by atoms with Crippen LogP contribution in [0.5, 0.6) is 11.5 Å². The summed E-state index contributed by atoms with van der Waals surface area (Å²) in [6.07, 6.45) is 3.81. The highest BCUT2D eigenvalue weighted by atomic mass is 16.6. The Hall–Kier alpha value is -4.33. The second-order valence-electron chi connectivity index (χ2n) is 10.8. The summed E-state index contributed by atoms with van der Waals surface area (Å²) in [6.45, 7) is 2.41. The number of hydrogen-bond acceptors (Lipinski definition) is 5. The lowest BCUT2D eigenvalue weighted by Gasteiger charge is -2.41. The van der Waals surface area contributed by atoms with Gasteiger partial charge in [-0.3, -0.25) is 19.3 Å². The van der Waals surface area contributed by atoms with E-state index in [1.54, 1.807) is 48.2 Å². The van der Waals surface area contributed by atoms with Crippen LogP contribution in [0.2, 0.25) is 0 Å². The number of carbonyl (C=O) groups is 3. The van der Waals surface area contributed by atoms with Crippen LogP contribution >= 0.6 is 0 Å². The van der Waals surface area contributed by atoms with Crippen LogP contribution in [0.15, 0.2) is 66.7 Å². The van der Waals surface area contributed by atoms with Crippen molar-refractivity contribution >= 4 is 23.5 Å². The molecule has 0 unspecified atom stereocenters. The molecule has 0 saturated heterocycles. The Balaban J connectivity index is 1.36. The van der Waals surface area contributed by atoms with E-state index >= 15 is 0 Å². The largest absolute Gasteiger partial charge is 0.486 e. The minimum atomic E-state index is -1.00. The summed E-state index contributed by atoms with van der Waals surface area (Å²) in [5, 5.41) is 13.5. The first-order valence-corrected chi connectivity index (χ1v) is 13.8. The minimum Gasteiger partial charge on any atom is -0.486 e. The van der Waals surface area contributed by atoms with Crippen molar-refractivity contribution in [1.29, 1.82) is 0 Å². The van der Waals surface area contributed by atoms with E-state index in [1.807, 2.05) is 30.3 Å². The second kappa shape index (κ2) is 10.7. The van der Waals surface area contributed by atoms with Gasteiger partial charge in [-0.05, 0) is 78.6 Å². The van der Waals surface area contributed by atoms with Gasteiger partial charge in [0.2, 0.25) is 5.91 Å². The first-order valence-electron chi connectivity index (χ1n) is 13.8. The van der Waals surface area contributed by atoms with Gasteiger partial charge < -0.3 is 19.9 Å². The molecule has 3 aromatic carbocycles.